The van der Waals surface area contributed by atoms with E-state index in [4.69, 9.17) is 4.74 Å². The summed E-state index contributed by atoms with van der Waals surface area (Å²) in [6.45, 7) is 2.81. The van der Waals surface area contributed by atoms with Gasteiger partial charge >= 0.3 is 0 Å². The van der Waals surface area contributed by atoms with Gasteiger partial charge in [-0.05, 0) is 43.3 Å². The Morgan fingerprint density at radius 2 is 2.38 bits per heavy atom. The number of hydrogen-bond acceptors (Lipinski definition) is 4. The quantitative estimate of drug-likeness (QED) is 0.871. The van der Waals surface area contributed by atoms with Crippen LogP contribution in [0.5, 0.6) is 5.75 Å². The van der Waals surface area contributed by atoms with Gasteiger partial charge in [0, 0.05) is 17.1 Å². The smallest absolute Gasteiger partial charge is 0.261 e. The Morgan fingerprint density at radius 3 is 3.10 bits per heavy atom. The van der Waals surface area contributed by atoms with E-state index in [0.29, 0.717) is 5.75 Å². The third-order valence-corrected chi connectivity index (χ3v) is 4.66. The summed E-state index contributed by atoms with van der Waals surface area (Å²) >= 11 is 1.71. The van der Waals surface area contributed by atoms with Crippen molar-refractivity contribution in [1.82, 2.24) is 9.88 Å². The molecule has 1 atom stereocenters. The molecule has 3 rings (SSSR count). The number of aromatic nitrogens is 1. The predicted octanol–water partition coefficient (Wildman–Crippen LogP) is 3.19. The van der Waals surface area contributed by atoms with Crippen molar-refractivity contribution < 1.29 is 9.53 Å². The molecule has 0 bridgehead atoms. The average molecular weight is 302 g/mol. The second kappa shape index (κ2) is 6.26. The first kappa shape index (κ1) is 14.1. The highest BCUT2D eigenvalue weighted by molar-refractivity contribution is 7.10. The van der Waals surface area contributed by atoms with Gasteiger partial charge in [-0.15, -0.1) is 11.3 Å². The number of rotatable bonds is 4. The summed E-state index contributed by atoms with van der Waals surface area (Å²) in [5.41, 5.74) is 0.936. The van der Waals surface area contributed by atoms with Gasteiger partial charge in [0.15, 0.2) is 6.61 Å². The number of likely N-dealkylation sites (tertiary alicyclic amines) is 1. The van der Waals surface area contributed by atoms with Crippen LogP contribution in [0.3, 0.4) is 0 Å². The monoisotopic (exact) mass is 302 g/mol. The number of carbonyl (C=O) groups is 1. The van der Waals surface area contributed by atoms with E-state index in [1.165, 1.54) is 4.88 Å². The van der Waals surface area contributed by atoms with E-state index in [1.807, 2.05) is 30.0 Å². The third kappa shape index (κ3) is 3.24. The zero-order chi connectivity index (χ0) is 14.7. The average Bonchev–Trinajstić information content (AvgIpc) is 3.16. The number of thiophene rings is 1. The molecule has 110 valence electrons. The van der Waals surface area contributed by atoms with Crippen LogP contribution >= 0.6 is 11.3 Å². The molecule has 21 heavy (non-hydrogen) atoms. The number of hydrogen-bond donors (Lipinski definition) is 0. The lowest BCUT2D eigenvalue weighted by Crippen LogP contribution is -2.34. The summed E-state index contributed by atoms with van der Waals surface area (Å²) in [7, 11) is 0. The number of carbonyl (C=O) groups excluding carboxylic acids is 1. The maximum Gasteiger partial charge on any atom is 0.261 e. The summed E-state index contributed by atoms with van der Waals surface area (Å²) in [5.74, 6) is 0.687. The zero-order valence-electron chi connectivity index (χ0n) is 12.0. The molecule has 4 nitrogen and oxygen atoms in total. The first-order valence-electron chi connectivity index (χ1n) is 7.12. The van der Waals surface area contributed by atoms with E-state index < -0.39 is 0 Å². The molecule has 0 aromatic carbocycles. The minimum atomic E-state index is 0.0477. The van der Waals surface area contributed by atoms with Crippen molar-refractivity contribution in [2.45, 2.75) is 25.8 Å². The number of nitrogens with zero attached hydrogens (tertiary/aromatic N) is 2. The predicted molar refractivity (Wildman–Crippen MR) is 82.5 cm³/mol. The minimum Gasteiger partial charge on any atom is -0.482 e. The van der Waals surface area contributed by atoms with Crippen LogP contribution in [-0.4, -0.2) is 28.9 Å². The fraction of sp³-hybridized carbons (Fsp3) is 0.375. The normalized spacial score (nSPS) is 18.0. The molecule has 0 N–H and O–H groups in total. The molecule has 3 heterocycles. The Balaban J connectivity index is 1.61. The van der Waals surface area contributed by atoms with Crippen molar-refractivity contribution in [2.24, 2.45) is 0 Å². The van der Waals surface area contributed by atoms with E-state index in [1.54, 1.807) is 17.5 Å². The van der Waals surface area contributed by atoms with E-state index in [2.05, 4.69) is 16.4 Å². The molecule has 1 fully saturated rings. The van der Waals surface area contributed by atoms with E-state index in [9.17, 15) is 4.79 Å². The molecule has 0 radical (unpaired) electrons. The molecule has 0 spiro atoms. The second-order valence-electron chi connectivity index (χ2n) is 5.18. The summed E-state index contributed by atoms with van der Waals surface area (Å²) < 4.78 is 5.55. The third-order valence-electron chi connectivity index (χ3n) is 3.69. The number of aryl methyl sites for hydroxylation is 1. The highest BCUT2D eigenvalue weighted by Gasteiger charge is 2.30. The van der Waals surface area contributed by atoms with Gasteiger partial charge in [-0.3, -0.25) is 9.78 Å². The van der Waals surface area contributed by atoms with Gasteiger partial charge in [0.05, 0.1) is 12.2 Å². The lowest BCUT2D eigenvalue weighted by atomic mass is 10.2. The fourth-order valence-electron chi connectivity index (χ4n) is 2.61. The molecule has 0 unspecified atom stereocenters. The van der Waals surface area contributed by atoms with Gasteiger partial charge in [0.2, 0.25) is 0 Å². The molecular formula is C16H18N2O2S. The topological polar surface area (TPSA) is 42.4 Å². The highest BCUT2D eigenvalue weighted by Crippen LogP contribution is 2.34. The molecule has 1 aliphatic heterocycles. The Hall–Kier alpha value is -1.88. The molecular weight excluding hydrogens is 284 g/mol. The Morgan fingerprint density at radius 1 is 1.48 bits per heavy atom. The molecule has 1 aliphatic rings. The van der Waals surface area contributed by atoms with Gasteiger partial charge in [0.1, 0.15) is 5.75 Å². The maximum atomic E-state index is 12.4. The first-order chi connectivity index (χ1) is 10.2. The first-order valence-corrected chi connectivity index (χ1v) is 8.00. The number of ether oxygens (including phenoxy) is 1. The van der Waals surface area contributed by atoms with Crippen LogP contribution in [0.15, 0.2) is 35.8 Å². The molecule has 5 heteroatoms. The molecule has 1 amide bonds. The largest absolute Gasteiger partial charge is 0.482 e. The van der Waals surface area contributed by atoms with Crippen LogP contribution in [0, 0.1) is 6.92 Å². The molecule has 2 aromatic heterocycles. The van der Waals surface area contributed by atoms with Gasteiger partial charge in [0.25, 0.3) is 5.91 Å². The van der Waals surface area contributed by atoms with E-state index >= 15 is 0 Å². The standard InChI is InChI=1S/C16H18N2O2S/c1-12-6-7-13(10-17-12)20-11-16(19)18-8-2-4-14(18)15-5-3-9-21-15/h3,5-7,9-10,14H,2,4,8,11H2,1H3/t14-/m1/s1. The van der Waals surface area contributed by atoms with Gasteiger partial charge in [-0.1, -0.05) is 6.07 Å². The summed E-state index contributed by atoms with van der Waals surface area (Å²) in [5, 5.41) is 2.06. The van der Waals surface area contributed by atoms with E-state index in [-0.39, 0.29) is 18.6 Å². The maximum absolute atomic E-state index is 12.4. The molecule has 1 saturated heterocycles. The van der Waals surface area contributed by atoms with Crippen molar-refractivity contribution in [1.29, 1.82) is 0 Å². The summed E-state index contributed by atoms with van der Waals surface area (Å²) in [4.78, 5) is 19.7. The van der Waals surface area contributed by atoms with Crippen molar-refractivity contribution >= 4 is 17.2 Å². The number of amides is 1. The zero-order valence-corrected chi connectivity index (χ0v) is 12.8. The Bertz CT molecular complexity index is 595. The van der Waals surface area contributed by atoms with Crippen LogP contribution in [-0.2, 0) is 4.79 Å². The molecule has 0 saturated carbocycles. The SMILES string of the molecule is Cc1ccc(OCC(=O)N2CCC[C@@H]2c2cccs2)cn1. The van der Waals surface area contributed by atoms with Gasteiger partial charge in [-0.2, -0.15) is 0 Å². The van der Waals surface area contributed by atoms with Crippen LogP contribution in [0.4, 0.5) is 0 Å². The highest BCUT2D eigenvalue weighted by atomic mass is 32.1. The van der Waals surface area contributed by atoms with Crippen LogP contribution < -0.4 is 4.74 Å². The van der Waals surface area contributed by atoms with Crippen molar-refractivity contribution in [3.8, 4) is 5.75 Å². The fourth-order valence-corrected chi connectivity index (χ4v) is 3.48. The molecule has 2 aromatic rings. The number of pyridine rings is 1. The van der Waals surface area contributed by atoms with Crippen LogP contribution in [0.25, 0.3) is 0 Å². The van der Waals surface area contributed by atoms with Gasteiger partial charge in [-0.25, -0.2) is 0 Å². The summed E-state index contributed by atoms with van der Waals surface area (Å²) in [6.07, 6.45) is 3.75. The summed E-state index contributed by atoms with van der Waals surface area (Å²) in [6, 6.07) is 8.08. The molecule has 0 aliphatic carbocycles. The van der Waals surface area contributed by atoms with Gasteiger partial charge < -0.3 is 9.64 Å². The van der Waals surface area contributed by atoms with Crippen LogP contribution in [0.1, 0.15) is 29.5 Å². The van der Waals surface area contributed by atoms with Crippen molar-refractivity contribution in [3.63, 3.8) is 0 Å². The Kier molecular flexibility index (Phi) is 4.20. The van der Waals surface area contributed by atoms with Crippen molar-refractivity contribution in [2.75, 3.05) is 13.2 Å². The lowest BCUT2D eigenvalue weighted by Gasteiger charge is -2.23. The van der Waals surface area contributed by atoms with Crippen LogP contribution in [0.2, 0.25) is 0 Å². The lowest BCUT2D eigenvalue weighted by molar-refractivity contribution is -0.134. The van der Waals surface area contributed by atoms with E-state index in [0.717, 1.165) is 25.1 Å². The second-order valence-corrected chi connectivity index (χ2v) is 6.16. The minimum absolute atomic E-state index is 0.0477. The Labute approximate surface area is 128 Å². The van der Waals surface area contributed by atoms with Crippen molar-refractivity contribution in [3.05, 3.63) is 46.4 Å².